The molecule has 2 atom stereocenters. The number of aromatic nitrogens is 1. The van der Waals surface area contributed by atoms with Crippen LogP contribution in [0.15, 0.2) is 5.38 Å². The minimum absolute atomic E-state index is 0.265. The van der Waals surface area contributed by atoms with E-state index in [4.69, 9.17) is 16.3 Å². The lowest BCUT2D eigenvalue weighted by atomic mass is 10.2. The topological polar surface area (TPSA) is 25.4 Å². The Kier molecular flexibility index (Phi) is 2.95. The molecule has 1 aliphatic rings. The van der Waals surface area contributed by atoms with Gasteiger partial charge in [-0.3, -0.25) is 0 Å². The minimum atomic E-state index is 0.265. The molecular formula is C9H13ClN2OS. The van der Waals surface area contributed by atoms with Crippen LogP contribution in [-0.2, 0) is 4.74 Å². The van der Waals surface area contributed by atoms with Crippen molar-refractivity contribution in [1.82, 2.24) is 4.98 Å². The average Bonchev–Trinajstić information content (AvgIpc) is 2.50. The molecule has 1 saturated heterocycles. The van der Waals surface area contributed by atoms with Crippen molar-refractivity contribution >= 4 is 28.1 Å². The van der Waals surface area contributed by atoms with Crippen molar-refractivity contribution in [1.29, 1.82) is 0 Å². The third-order valence-corrected chi connectivity index (χ3v) is 3.38. The zero-order valence-electron chi connectivity index (χ0n) is 8.24. The van der Waals surface area contributed by atoms with Gasteiger partial charge in [-0.2, -0.15) is 0 Å². The third-order valence-electron chi connectivity index (χ3n) is 2.15. The number of thiazole rings is 1. The van der Waals surface area contributed by atoms with Crippen LogP contribution < -0.4 is 4.90 Å². The zero-order valence-corrected chi connectivity index (χ0v) is 9.81. The lowest BCUT2D eigenvalue weighted by Crippen LogP contribution is -2.45. The van der Waals surface area contributed by atoms with Crippen molar-refractivity contribution in [3.8, 4) is 0 Å². The van der Waals surface area contributed by atoms with Gasteiger partial charge in [-0.05, 0) is 13.8 Å². The van der Waals surface area contributed by atoms with Crippen LogP contribution in [-0.4, -0.2) is 30.3 Å². The fourth-order valence-corrected chi connectivity index (χ4v) is 2.69. The van der Waals surface area contributed by atoms with Crippen LogP contribution in [0.5, 0.6) is 0 Å². The number of nitrogens with zero attached hydrogens (tertiary/aromatic N) is 2. The second kappa shape index (κ2) is 4.04. The number of rotatable bonds is 1. The molecule has 5 heteroatoms. The Morgan fingerprint density at radius 3 is 2.64 bits per heavy atom. The van der Waals surface area contributed by atoms with Crippen LogP contribution >= 0.6 is 22.9 Å². The van der Waals surface area contributed by atoms with Gasteiger partial charge in [0.15, 0.2) is 5.13 Å². The zero-order chi connectivity index (χ0) is 10.1. The first kappa shape index (κ1) is 10.2. The van der Waals surface area contributed by atoms with Gasteiger partial charge >= 0.3 is 0 Å². The highest BCUT2D eigenvalue weighted by atomic mass is 35.5. The Balaban J connectivity index is 2.10. The minimum Gasteiger partial charge on any atom is -0.372 e. The van der Waals surface area contributed by atoms with Gasteiger partial charge in [0.25, 0.3) is 0 Å². The number of anilines is 1. The van der Waals surface area contributed by atoms with Crippen LogP contribution in [0.3, 0.4) is 0 Å². The van der Waals surface area contributed by atoms with Crippen molar-refractivity contribution in [2.45, 2.75) is 26.1 Å². The molecule has 0 aliphatic carbocycles. The highest BCUT2D eigenvalue weighted by Gasteiger charge is 2.23. The van der Waals surface area contributed by atoms with Crippen LogP contribution in [0.2, 0.25) is 5.15 Å². The molecule has 0 N–H and O–H groups in total. The van der Waals surface area contributed by atoms with E-state index in [-0.39, 0.29) is 12.2 Å². The van der Waals surface area contributed by atoms with Crippen molar-refractivity contribution in [2.75, 3.05) is 18.0 Å². The van der Waals surface area contributed by atoms with E-state index in [1.807, 2.05) is 5.38 Å². The van der Waals surface area contributed by atoms with Gasteiger partial charge in [0, 0.05) is 18.5 Å². The van der Waals surface area contributed by atoms with Gasteiger partial charge in [-0.1, -0.05) is 11.6 Å². The molecule has 0 amide bonds. The normalized spacial score (nSPS) is 28.1. The molecule has 0 spiro atoms. The summed E-state index contributed by atoms with van der Waals surface area (Å²) in [4.78, 5) is 6.49. The molecule has 2 unspecified atom stereocenters. The van der Waals surface area contributed by atoms with E-state index in [0.717, 1.165) is 18.2 Å². The second-order valence-electron chi connectivity index (χ2n) is 3.62. The molecule has 78 valence electrons. The molecule has 0 saturated carbocycles. The van der Waals surface area contributed by atoms with Gasteiger partial charge in [0.1, 0.15) is 5.15 Å². The van der Waals surface area contributed by atoms with E-state index in [2.05, 4.69) is 23.7 Å². The van der Waals surface area contributed by atoms with Crippen LogP contribution in [0, 0.1) is 0 Å². The third kappa shape index (κ3) is 2.19. The number of morpholine rings is 1. The Bertz CT molecular complexity index is 308. The SMILES string of the molecule is CC1CN(c2nc(Cl)cs2)CC(C)O1. The maximum atomic E-state index is 5.79. The number of hydrogen-bond acceptors (Lipinski definition) is 4. The second-order valence-corrected chi connectivity index (χ2v) is 4.84. The smallest absolute Gasteiger partial charge is 0.186 e. The summed E-state index contributed by atoms with van der Waals surface area (Å²) in [5.74, 6) is 0. The van der Waals surface area contributed by atoms with Crippen molar-refractivity contribution in [3.05, 3.63) is 10.5 Å². The quantitative estimate of drug-likeness (QED) is 0.744. The molecule has 2 rings (SSSR count). The first-order chi connectivity index (χ1) is 6.65. The molecular weight excluding hydrogens is 220 g/mol. The number of halogens is 1. The van der Waals surface area contributed by atoms with E-state index in [1.165, 1.54) is 0 Å². The Morgan fingerprint density at radius 1 is 1.50 bits per heavy atom. The summed E-state index contributed by atoms with van der Waals surface area (Å²) in [5, 5.41) is 3.44. The van der Waals surface area contributed by atoms with E-state index in [1.54, 1.807) is 11.3 Å². The number of hydrogen-bond donors (Lipinski definition) is 0. The average molecular weight is 233 g/mol. The highest BCUT2D eigenvalue weighted by Crippen LogP contribution is 2.26. The van der Waals surface area contributed by atoms with Crippen LogP contribution in [0.25, 0.3) is 0 Å². The molecule has 14 heavy (non-hydrogen) atoms. The summed E-state index contributed by atoms with van der Waals surface area (Å²) in [5.41, 5.74) is 0. The number of ether oxygens (including phenoxy) is 1. The van der Waals surface area contributed by atoms with Gasteiger partial charge < -0.3 is 9.64 Å². The van der Waals surface area contributed by atoms with Crippen LogP contribution in [0.4, 0.5) is 5.13 Å². The van der Waals surface area contributed by atoms with E-state index in [9.17, 15) is 0 Å². The lowest BCUT2D eigenvalue weighted by molar-refractivity contribution is -0.00522. The van der Waals surface area contributed by atoms with E-state index < -0.39 is 0 Å². The molecule has 1 aromatic rings. The summed E-state index contributed by atoms with van der Waals surface area (Å²) >= 11 is 7.38. The maximum absolute atomic E-state index is 5.79. The predicted molar refractivity (Wildman–Crippen MR) is 59.3 cm³/mol. The summed E-state index contributed by atoms with van der Waals surface area (Å²) in [6.07, 6.45) is 0.530. The fourth-order valence-electron chi connectivity index (χ4n) is 1.72. The highest BCUT2D eigenvalue weighted by molar-refractivity contribution is 7.14. The van der Waals surface area contributed by atoms with Gasteiger partial charge in [0.05, 0.1) is 12.2 Å². The Morgan fingerprint density at radius 2 is 2.14 bits per heavy atom. The predicted octanol–water partition coefficient (Wildman–Crippen LogP) is 2.41. The Labute approximate surface area is 92.7 Å². The molecule has 3 nitrogen and oxygen atoms in total. The molecule has 0 bridgehead atoms. The van der Waals surface area contributed by atoms with Gasteiger partial charge in [0.2, 0.25) is 0 Å². The van der Waals surface area contributed by atoms with Gasteiger partial charge in [-0.15, -0.1) is 11.3 Å². The Hall–Kier alpha value is -0.320. The van der Waals surface area contributed by atoms with E-state index in [0.29, 0.717) is 5.15 Å². The monoisotopic (exact) mass is 232 g/mol. The fraction of sp³-hybridized carbons (Fsp3) is 0.667. The summed E-state index contributed by atoms with van der Waals surface area (Å²) < 4.78 is 5.65. The van der Waals surface area contributed by atoms with Gasteiger partial charge in [-0.25, -0.2) is 4.98 Å². The standard InChI is InChI=1S/C9H13ClN2OS/c1-6-3-12(4-7(2)13-6)9-11-8(10)5-14-9/h5-7H,3-4H2,1-2H3. The van der Waals surface area contributed by atoms with Crippen LogP contribution in [0.1, 0.15) is 13.8 Å². The first-order valence-electron chi connectivity index (χ1n) is 4.66. The summed E-state index contributed by atoms with van der Waals surface area (Å²) in [6, 6.07) is 0. The van der Waals surface area contributed by atoms with Crippen molar-refractivity contribution in [3.63, 3.8) is 0 Å². The lowest BCUT2D eigenvalue weighted by Gasteiger charge is -2.35. The van der Waals surface area contributed by atoms with Crippen molar-refractivity contribution in [2.24, 2.45) is 0 Å². The summed E-state index contributed by atoms with van der Waals surface area (Å²) in [7, 11) is 0. The molecule has 2 heterocycles. The molecule has 0 aromatic carbocycles. The van der Waals surface area contributed by atoms with Crippen molar-refractivity contribution < 1.29 is 4.74 Å². The largest absolute Gasteiger partial charge is 0.372 e. The molecule has 1 fully saturated rings. The molecule has 1 aromatic heterocycles. The maximum Gasteiger partial charge on any atom is 0.186 e. The van der Waals surface area contributed by atoms with E-state index >= 15 is 0 Å². The summed E-state index contributed by atoms with van der Waals surface area (Å²) in [6.45, 7) is 5.96. The first-order valence-corrected chi connectivity index (χ1v) is 5.92. The molecule has 1 aliphatic heterocycles. The molecule has 0 radical (unpaired) electrons.